The first kappa shape index (κ1) is 13.1. The Bertz CT molecular complexity index is 748. The maximum absolute atomic E-state index is 12.5. The SMILES string of the molecule is CC1=NN(c2ccccc2)C(=O)/C1=C/c1ccccc1O. The molecule has 21 heavy (non-hydrogen) atoms. The van der Waals surface area contributed by atoms with Gasteiger partial charge in [0.05, 0.1) is 17.0 Å². The average molecular weight is 278 g/mol. The molecule has 3 rings (SSSR count). The third kappa shape index (κ3) is 2.43. The summed E-state index contributed by atoms with van der Waals surface area (Å²) >= 11 is 0. The van der Waals surface area contributed by atoms with E-state index in [2.05, 4.69) is 5.10 Å². The van der Waals surface area contributed by atoms with Gasteiger partial charge in [-0.15, -0.1) is 0 Å². The molecule has 1 heterocycles. The molecular formula is C17H14N2O2. The van der Waals surface area contributed by atoms with Crippen molar-refractivity contribution < 1.29 is 9.90 Å². The Morgan fingerprint density at radius 3 is 2.43 bits per heavy atom. The second-order valence-electron chi connectivity index (χ2n) is 4.75. The lowest BCUT2D eigenvalue weighted by molar-refractivity contribution is -0.114. The fraction of sp³-hybridized carbons (Fsp3) is 0.0588. The summed E-state index contributed by atoms with van der Waals surface area (Å²) in [7, 11) is 0. The van der Waals surface area contributed by atoms with E-state index in [9.17, 15) is 9.90 Å². The van der Waals surface area contributed by atoms with Gasteiger partial charge in [-0.1, -0.05) is 36.4 Å². The van der Waals surface area contributed by atoms with Crippen molar-refractivity contribution >= 4 is 23.4 Å². The van der Waals surface area contributed by atoms with Gasteiger partial charge in [0, 0.05) is 5.56 Å². The van der Waals surface area contributed by atoms with Gasteiger partial charge in [0.15, 0.2) is 0 Å². The predicted octanol–water partition coefficient (Wildman–Crippen LogP) is 3.20. The van der Waals surface area contributed by atoms with E-state index >= 15 is 0 Å². The molecule has 0 bridgehead atoms. The van der Waals surface area contributed by atoms with Crippen LogP contribution in [-0.2, 0) is 4.79 Å². The van der Waals surface area contributed by atoms with Crippen molar-refractivity contribution in [2.45, 2.75) is 6.92 Å². The Morgan fingerprint density at radius 2 is 1.71 bits per heavy atom. The van der Waals surface area contributed by atoms with E-state index in [4.69, 9.17) is 0 Å². The van der Waals surface area contributed by atoms with E-state index in [1.807, 2.05) is 36.4 Å². The summed E-state index contributed by atoms with van der Waals surface area (Å²) in [5.41, 5.74) is 2.44. The number of para-hydroxylation sites is 2. The summed E-state index contributed by atoms with van der Waals surface area (Å²) in [6.45, 7) is 1.78. The van der Waals surface area contributed by atoms with Crippen LogP contribution in [0.4, 0.5) is 5.69 Å². The van der Waals surface area contributed by atoms with Crippen molar-refractivity contribution in [3.05, 3.63) is 65.7 Å². The molecule has 2 aromatic rings. The first-order valence-corrected chi connectivity index (χ1v) is 6.61. The summed E-state index contributed by atoms with van der Waals surface area (Å²) < 4.78 is 0. The molecule has 1 amide bonds. The molecular weight excluding hydrogens is 264 g/mol. The highest BCUT2D eigenvalue weighted by Crippen LogP contribution is 2.26. The van der Waals surface area contributed by atoms with E-state index in [1.54, 1.807) is 31.2 Å². The largest absolute Gasteiger partial charge is 0.507 e. The number of carbonyl (C=O) groups is 1. The molecule has 4 heteroatoms. The van der Waals surface area contributed by atoms with Crippen molar-refractivity contribution in [2.24, 2.45) is 5.10 Å². The standard InChI is InChI=1S/C17H14N2O2/c1-12-15(11-13-7-5-6-10-16(13)20)17(21)19(18-12)14-8-3-2-4-9-14/h2-11,20H,1H3/b15-11+. The minimum atomic E-state index is -0.193. The lowest BCUT2D eigenvalue weighted by atomic mass is 10.1. The highest BCUT2D eigenvalue weighted by molar-refractivity contribution is 6.32. The molecule has 0 aromatic heterocycles. The normalized spacial score (nSPS) is 16.4. The van der Waals surface area contributed by atoms with Crippen LogP contribution in [0.1, 0.15) is 12.5 Å². The number of phenolic OH excluding ortho intramolecular Hbond substituents is 1. The number of hydrazone groups is 1. The molecule has 0 saturated carbocycles. The van der Waals surface area contributed by atoms with E-state index < -0.39 is 0 Å². The zero-order valence-electron chi connectivity index (χ0n) is 11.5. The molecule has 4 nitrogen and oxygen atoms in total. The van der Waals surface area contributed by atoms with Crippen LogP contribution < -0.4 is 5.01 Å². The van der Waals surface area contributed by atoms with Crippen molar-refractivity contribution in [2.75, 3.05) is 5.01 Å². The first-order chi connectivity index (χ1) is 10.2. The van der Waals surface area contributed by atoms with Crippen LogP contribution in [0.2, 0.25) is 0 Å². The summed E-state index contributed by atoms with van der Waals surface area (Å²) in [6, 6.07) is 16.2. The lowest BCUT2D eigenvalue weighted by Crippen LogP contribution is -2.21. The molecule has 104 valence electrons. The van der Waals surface area contributed by atoms with Gasteiger partial charge in [-0.05, 0) is 31.2 Å². The van der Waals surface area contributed by atoms with Crippen molar-refractivity contribution in [1.82, 2.24) is 0 Å². The van der Waals surface area contributed by atoms with Gasteiger partial charge >= 0.3 is 0 Å². The second kappa shape index (κ2) is 5.25. The Hall–Kier alpha value is -2.88. The fourth-order valence-electron chi connectivity index (χ4n) is 2.19. The van der Waals surface area contributed by atoms with Gasteiger partial charge < -0.3 is 5.11 Å². The first-order valence-electron chi connectivity index (χ1n) is 6.61. The Balaban J connectivity index is 1.98. The second-order valence-corrected chi connectivity index (χ2v) is 4.75. The smallest absolute Gasteiger partial charge is 0.280 e. The topological polar surface area (TPSA) is 52.9 Å². The Labute approximate surface area is 122 Å². The van der Waals surface area contributed by atoms with Crippen molar-refractivity contribution in [1.29, 1.82) is 0 Å². The number of benzene rings is 2. The number of aromatic hydroxyl groups is 1. The molecule has 0 radical (unpaired) electrons. The number of phenols is 1. The number of anilines is 1. The maximum atomic E-state index is 12.5. The summed E-state index contributed by atoms with van der Waals surface area (Å²) in [5.74, 6) is -0.0503. The van der Waals surface area contributed by atoms with Crippen LogP contribution >= 0.6 is 0 Å². The maximum Gasteiger partial charge on any atom is 0.280 e. The molecule has 1 aliphatic heterocycles. The van der Waals surface area contributed by atoms with Crippen LogP contribution in [0.3, 0.4) is 0 Å². The molecule has 1 N–H and O–H groups in total. The molecule has 0 spiro atoms. The van der Waals surface area contributed by atoms with Gasteiger partial charge in [0.25, 0.3) is 5.91 Å². The zero-order chi connectivity index (χ0) is 14.8. The van der Waals surface area contributed by atoms with Gasteiger partial charge in [-0.3, -0.25) is 4.79 Å². The third-order valence-corrected chi connectivity index (χ3v) is 3.30. The Morgan fingerprint density at radius 1 is 1.05 bits per heavy atom. The highest BCUT2D eigenvalue weighted by Gasteiger charge is 2.28. The minimum absolute atomic E-state index is 0.142. The summed E-state index contributed by atoms with van der Waals surface area (Å²) in [5, 5.41) is 15.5. The van der Waals surface area contributed by atoms with E-state index in [-0.39, 0.29) is 11.7 Å². The number of hydrogen-bond donors (Lipinski definition) is 1. The summed E-state index contributed by atoms with van der Waals surface area (Å²) in [4.78, 5) is 12.5. The van der Waals surface area contributed by atoms with E-state index in [0.717, 1.165) is 5.69 Å². The molecule has 0 saturated heterocycles. The number of amides is 1. The molecule has 0 fully saturated rings. The Kier molecular flexibility index (Phi) is 3.28. The highest BCUT2D eigenvalue weighted by atomic mass is 16.3. The predicted molar refractivity (Wildman–Crippen MR) is 83.1 cm³/mol. The van der Waals surface area contributed by atoms with Gasteiger partial charge in [-0.25, -0.2) is 0 Å². The monoisotopic (exact) mass is 278 g/mol. The third-order valence-electron chi connectivity index (χ3n) is 3.30. The number of nitrogens with zero attached hydrogens (tertiary/aromatic N) is 2. The van der Waals surface area contributed by atoms with Gasteiger partial charge in [-0.2, -0.15) is 10.1 Å². The minimum Gasteiger partial charge on any atom is -0.507 e. The van der Waals surface area contributed by atoms with Crippen LogP contribution in [0.5, 0.6) is 5.75 Å². The fourth-order valence-corrected chi connectivity index (χ4v) is 2.19. The van der Waals surface area contributed by atoms with Gasteiger partial charge in [0.2, 0.25) is 0 Å². The number of carbonyl (C=O) groups excluding carboxylic acids is 1. The van der Waals surface area contributed by atoms with Crippen molar-refractivity contribution in [3.63, 3.8) is 0 Å². The van der Waals surface area contributed by atoms with Crippen LogP contribution in [0, 0.1) is 0 Å². The lowest BCUT2D eigenvalue weighted by Gasteiger charge is -2.11. The molecule has 2 aromatic carbocycles. The number of rotatable bonds is 2. The summed E-state index contributed by atoms with van der Waals surface area (Å²) in [6.07, 6.45) is 1.67. The number of hydrogen-bond acceptors (Lipinski definition) is 3. The molecule has 1 aliphatic rings. The molecule has 0 unspecified atom stereocenters. The molecule has 0 atom stereocenters. The van der Waals surface area contributed by atoms with E-state index in [0.29, 0.717) is 16.8 Å². The van der Waals surface area contributed by atoms with Crippen LogP contribution in [0.25, 0.3) is 6.08 Å². The molecule has 0 aliphatic carbocycles. The van der Waals surface area contributed by atoms with Gasteiger partial charge in [0.1, 0.15) is 5.75 Å². The van der Waals surface area contributed by atoms with Crippen LogP contribution in [-0.4, -0.2) is 16.7 Å². The zero-order valence-corrected chi connectivity index (χ0v) is 11.5. The quantitative estimate of drug-likeness (QED) is 0.858. The van der Waals surface area contributed by atoms with Crippen molar-refractivity contribution in [3.8, 4) is 5.75 Å². The van der Waals surface area contributed by atoms with Crippen LogP contribution in [0.15, 0.2) is 65.3 Å². The van der Waals surface area contributed by atoms with E-state index in [1.165, 1.54) is 5.01 Å². The average Bonchev–Trinajstić information content (AvgIpc) is 2.78.